The van der Waals surface area contributed by atoms with E-state index in [1.807, 2.05) is 32.0 Å². The normalized spacial score (nSPS) is 17.3. The molecule has 0 amide bonds. The fourth-order valence-electron chi connectivity index (χ4n) is 3.50. The van der Waals surface area contributed by atoms with Crippen molar-refractivity contribution in [1.82, 2.24) is 9.97 Å². The number of anilines is 3. The van der Waals surface area contributed by atoms with Gasteiger partial charge in [0.25, 0.3) is 0 Å². The first kappa shape index (κ1) is 18.8. The molecule has 26 heavy (non-hydrogen) atoms. The highest BCUT2D eigenvalue weighted by Gasteiger charge is 2.23. The number of ether oxygens (including phenoxy) is 1. The second kappa shape index (κ2) is 8.12. The molecular formula is C20H27ClN4O. The maximum Gasteiger partial charge on any atom is 0.227 e. The van der Waals surface area contributed by atoms with Crippen LogP contribution in [0.3, 0.4) is 0 Å². The Labute approximate surface area is 160 Å². The Morgan fingerprint density at radius 3 is 2.77 bits per heavy atom. The van der Waals surface area contributed by atoms with E-state index in [4.69, 9.17) is 26.3 Å². The number of benzene rings is 1. The molecule has 0 aliphatic carbocycles. The van der Waals surface area contributed by atoms with E-state index in [2.05, 4.69) is 17.1 Å². The lowest BCUT2D eigenvalue weighted by Gasteiger charge is -2.35. The first-order chi connectivity index (χ1) is 12.5. The van der Waals surface area contributed by atoms with Gasteiger partial charge in [0.05, 0.1) is 12.8 Å². The van der Waals surface area contributed by atoms with Crippen molar-refractivity contribution in [3.63, 3.8) is 0 Å². The number of rotatable bonds is 5. The Morgan fingerprint density at radius 2 is 2.04 bits per heavy atom. The van der Waals surface area contributed by atoms with Gasteiger partial charge < -0.3 is 15.0 Å². The third-order valence-electron chi connectivity index (χ3n) is 4.94. The molecule has 0 bridgehead atoms. The number of nitrogens with one attached hydrogen (secondary N) is 1. The average Bonchev–Trinajstić information content (AvgIpc) is 2.64. The number of halogens is 1. The number of hydrogen-bond donors (Lipinski definition) is 1. The summed E-state index contributed by atoms with van der Waals surface area (Å²) < 4.78 is 5.46. The highest BCUT2D eigenvalue weighted by atomic mass is 35.5. The lowest BCUT2D eigenvalue weighted by molar-refractivity contribution is 0.416. The largest absolute Gasteiger partial charge is 0.495 e. The van der Waals surface area contributed by atoms with Crippen LogP contribution in [0, 0.1) is 13.8 Å². The molecule has 0 radical (unpaired) electrons. The van der Waals surface area contributed by atoms with Gasteiger partial charge in [-0.1, -0.05) is 18.5 Å². The van der Waals surface area contributed by atoms with Crippen LogP contribution in [-0.2, 0) is 0 Å². The number of hydrogen-bond acceptors (Lipinski definition) is 5. The molecule has 1 aliphatic heterocycles. The molecule has 1 N–H and O–H groups in total. The van der Waals surface area contributed by atoms with E-state index in [9.17, 15) is 0 Å². The van der Waals surface area contributed by atoms with Gasteiger partial charge in [-0.2, -0.15) is 4.98 Å². The zero-order valence-corrected chi connectivity index (χ0v) is 16.7. The summed E-state index contributed by atoms with van der Waals surface area (Å²) in [6.45, 7) is 7.23. The van der Waals surface area contributed by atoms with E-state index in [-0.39, 0.29) is 0 Å². The topological polar surface area (TPSA) is 50.3 Å². The van der Waals surface area contributed by atoms with E-state index in [1.54, 1.807) is 7.11 Å². The minimum Gasteiger partial charge on any atom is -0.495 e. The van der Waals surface area contributed by atoms with E-state index >= 15 is 0 Å². The molecule has 2 heterocycles. The minimum atomic E-state index is 0.519. The third kappa shape index (κ3) is 4.04. The Balaban J connectivity index is 1.92. The van der Waals surface area contributed by atoms with Gasteiger partial charge in [0, 0.05) is 35.4 Å². The molecule has 1 saturated heterocycles. The third-order valence-corrected chi connectivity index (χ3v) is 5.35. The second-order valence-electron chi connectivity index (χ2n) is 6.87. The second-order valence-corrected chi connectivity index (χ2v) is 7.28. The maximum absolute atomic E-state index is 6.21. The summed E-state index contributed by atoms with van der Waals surface area (Å²) in [5.74, 6) is 2.28. The van der Waals surface area contributed by atoms with Crippen LogP contribution in [0.15, 0.2) is 18.2 Å². The van der Waals surface area contributed by atoms with Crippen molar-refractivity contribution in [3.05, 3.63) is 34.5 Å². The Kier molecular flexibility index (Phi) is 5.87. The van der Waals surface area contributed by atoms with E-state index in [1.165, 1.54) is 19.3 Å². The highest BCUT2D eigenvalue weighted by Crippen LogP contribution is 2.33. The SMILES string of the molecule is CCC1CCCCN1c1nc(C)cc(Nc2cc(C)c(Cl)cc2OC)n1. The van der Waals surface area contributed by atoms with Gasteiger partial charge in [-0.15, -0.1) is 0 Å². The fourth-order valence-corrected chi connectivity index (χ4v) is 3.66. The molecule has 1 atom stereocenters. The zero-order valence-electron chi connectivity index (χ0n) is 16.0. The molecule has 0 spiro atoms. The summed E-state index contributed by atoms with van der Waals surface area (Å²) in [5.41, 5.74) is 2.79. The molecule has 5 nitrogen and oxygen atoms in total. The monoisotopic (exact) mass is 374 g/mol. The standard InChI is InChI=1S/C20H27ClN4O/c1-5-15-8-6-7-9-25(15)20-22-14(3)11-19(24-20)23-17-10-13(2)16(21)12-18(17)26-4/h10-12,15H,5-9H2,1-4H3,(H,22,23,24). The predicted octanol–water partition coefficient (Wildman–Crippen LogP) is 5.27. The number of aryl methyl sites for hydroxylation is 2. The molecule has 3 rings (SSSR count). The van der Waals surface area contributed by atoms with Crippen LogP contribution in [0.1, 0.15) is 43.9 Å². The molecule has 6 heteroatoms. The molecule has 2 aromatic rings. The summed E-state index contributed by atoms with van der Waals surface area (Å²) in [5, 5.41) is 4.07. The molecular weight excluding hydrogens is 348 g/mol. The Morgan fingerprint density at radius 1 is 1.23 bits per heavy atom. The number of aromatic nitrogens is 2. The predicted molar refractivity (Wildman–Crippen MR) is 108 cm³/mol. The first-order valence-corrected chi connectivity index (χ1v) is 9.63. The molecule has 140 valence electrons. The smallest absolute Gasteiger partial charge is 0.227 e. The molecule has 1 aromatic carbocycles. The van der Waals surface area contributed by atoms with Crippen LogP contribution < -0.4 is 15.0 Å². The van der Waals surface area contributed by atoms with E-state index in [0.717, 1.165) is 41.7 Å². The minimum absolute atomic E-state index is 0.519. The summed E-state index contributed by atoms with van der Waals surface area (Å²) >= 11 is 6.21. The van der Waals surface area contributed by atoms with Crippen LogP contribution in [0.25, 0.3) is 0 Å². The molecule has 1 aromatic heterocycles. The quantitative estimate of drug-likeness (QED) is 0.772. The van der Waals surface area contributed by atoms with E-state index in [0.29, 0.717) is 16.8 Å². The van der Waals surface area contributed by atoms with Crippen LogP contribution >= 0.6 is 11.6 Å². The lowest BCUT2D eigenvalue weighted by atomic mass is 10.0. The van der Waals surface area contributed by atoms with Crippen LogP contribution in [-0.4, -0.2) is 29.7 Å². The maximum atomic E-state index is 6.21. The van der Waals surface area contributed by atoms with Crippen LogP contribution in [0.2, 0.25) is 5.02 Å². The van der Waals surface area contributed by atoms with Crippen molar-refractivity contribution in [2.24, 2.45) is 0 Å². The highest BCUT2D eigenvalue weighted by molar-refractivity contribution is 6.31. The summed E-state index contributed by atoms with van der Waals surface area (Å²) in [4.78, 5) is 11.8. The summed E-state index contributed by atoms with van der Waals surface area (Å²) in [7, 11) is 1.64. The summed E-state index contributed by atoms with van der Waals surface area (Å²) in [6, 6.07) is 6.28. The Bertz CT molecular complexity index is 781. The van der Waals surface area contributed by atoms with E-state index < -0.39 is 0 Å². The fraction of sp³-hybridized carbons (Fsp3) is 0.500. The number of methoxy groups -OCH3 is 1. The van der Waals surface area contributed by atoms with Crippen molar-refractivity contribution < 1.29 is 4.74 Å². The molecule has 1 unspecified atom stereocenters. The van der Waals surface area contributed by atoms with Gasteiger partial charge in [-0.3, -0.25) is 0 Å². The van der Waals surface area contributed by atoms with Crippen molar-refractivity contribution in [3.8, 4) is 5.75 Å². The molecule has 1 aliphatic rings. The number of nitrogens with zero attached hydrogens (tertiary/aromatic N) is 3. The average molecular weight is 375 g/mol. The zero-order chi connectivity index (χ0) is 18.7. The number of piperidine rings is 1. The molecule has 0 saturated carbocycles. The Hall–Kier alpha value is -2.01. The van der Waals surface area contributed by atoms with Crippen LogP contribution in [0.5, 0.6) is 5.75 Å². The van der Waals surface area contributed by atoms with Gasteiger partial charge in [0.1, 0.15) is 11.6 Å². The summed E-state index contributed by atoms with van der Waals surface area (Å²) in [6.07, 6.45) is 4.80. The van der Waals surface area contributed by atoms with Crippen molar-refractivity contribution in [2.45, 2.75) is 52.5 Å². The lowest BCUT2D eigenvalue weighted by Crippen LogP contribution is -2.40. The first-order valence-electron chi connectivity index (χ1n) is 9.25. The van der Waals surface area contributed by atoms with Crippen LogP contribution in [0.4, 0.5) is 17.5 Å². The van der Waals surface area contributed by atoms with Gasteiger partial charge in [-0.05, 0) is 51.2 Å². The van der Waals surface area contributed by atoms with Gasteiger partial charge in [0.2, 0.25) is 5.95 Å². The van der Waals surface area contributed by atoms with Crippen molar-refractivity contribution in [2.75, 3.05) is 23.9 Å². The van der Waals surface area contributed by atoms with Crippen molar-refractivity contribution >= 4 is 29.1 Å². The van der Waals surface area contributed by atoms with Gasteiger partial charge in [0.15, 0.2) is 0 Å². The molecule has 1 fully saturated rings. The van der Waals surface area contributed by atoms with Gasteiger partial charge in [-0.25, -0.2) is 4.98 Å². The van der Waals surface area contributed by atoms with Gasteiger partial charge >= 0.3 is 0 Å². The van der Waals surface area contributed by atoms with Crippen molar-refractivity contribution in [1.29, 1.82) is 0 Å².